The van der Waals surface area contributed by atoms with Crippen LogP contribution in [0.5, 0.6) is 23.5 Å². The molecule has 4 rings (SSSR count). The lowest BCUT2D eigenvalue weighted by Gasteiger charge is -2.08. The summed E-state index contributed by atoms with van der Waals surface area (Å²) in [4.78, 5) is 11.3. The fraction of sp³-hybridized carbons (Fsp3) is 0.0588. The fourth-order valence-corrected chi connectivity index (χ4v) is 2.16. The molecule has 2 heterocycles. The molecule has 0 N–H and O–H groups in total. The molecule has 0 saturated heterocycles. The summed E-state index contributed by atoms with van der Waals surface area (Å²) >= 11 is 0. The Hall–Kier alpha value is -3.69. The van der Waals surface area contributed by atoms with Crippen molar-refractivity contribution in [3.63, 3.8) is 0 Å². The van der Waals surface area contributed by atoms with Gasteiger partial charge in [-0.2, -0.15) is 23.1 Å². The van der Waals surface area contributed by atoms with Crippen LogP contribution < -0.4 is 9.47 Å². The molecule has 4 aromatic rings. The summed E-state index contributed by atoms with van der Waals surface area (Å²) in [6, 6.07) is 16.5. The second-order valence-electron chi connectivity index (χ2n) is 5.26. The van der Waals surface area contributed by atoms with Gasteiger partial charge >= 0.3 is 18.2 Å². The largest absolute Gasteiger partial charge is 0.453 e. The molecular formula is C17H10F3N5O2. The van der Waals surface area contributed by atoms with E-state index in [-0.39, 0.29) is 17.8 Å². The molecule has 0 fully saturated rings. The van der Waals surface area contributed by atoms with Gasteiger partial charge in [-0.05, 0) is 24.3 Å². The standard InChI is InChI=1S/C17H10F3N5O2/c18-17(19,20)13-21-14-22-15(26-11-7-3-1-4-8-11)23-16(25(14)24-13)27-12-9-5-2-6-10-12/h1-10H. The maximum absolute atomic E-state index is 13.0. The first kappa shape index (κ1) is 16.8. The molecular weight excluding hydrogens is 363 g/mol. The van der Waals surface area contributed by atoms with Crippen LogP contribution in [0.4, 0.5) is 13.2 Å². The maximum Gasteiger partial charge on any atom is 0.453 e. The third-order valence-electron chi connectivity index (χ3n) is 3.32. The summed E-state index contributed by atoms with van der Waals surface area (Å²) < 4.78 is 50.7. The number of ether oxygens (including phenoxy) is 2. The second-order valence-corrected chi connectivity index (χ2v) is 5.26. The monoisotopic (exact) mass is 373 g/mol. The van der Waals surface area contributed by atoms with Crippen molar-refractivity contribution in [3.05, 3.63) is 66.5 Å². The number of hydrogen-bond donors (Lipinski definition) is 0. The highest BCUT2D eigenvalue weighted by molar-refractivity contribution is 5.35. The van der Waals surface area contributed by atoms with Crippen LogP contribution in [0, 0.1) is 0 Å². The number of fused-ring (bicyclic) bond motifs is 1. The number of alkyl halides is 3. The van der Waals surface area contributed by atoms with Crippen LogP contribution in [-0.2, 0) is 6.18 Å². The highest BCUT2D eigenvalue weighted by Crippen LogP contribution is 2.29. The van der Waals surface area contributed by atoms with Crippen LogP contribution in [0.1, 0.15) is 5.82 Å². The zero-order chi connectivity index (χ0) is 18.9. The first-order valence-corrected chi connectivity index (χ1v) is 7.67. The molecule has 0 saturated carbocycles. The van der Waals surface area contributed by atoms with E-state index in [9.17, 15) is 13.2 Å². The Labute approximate surface area is 150 Å². The fourth-order valence-electron chi connectivity index (χ4n) is 2.16. The van der Waals surface area contributed by atoms with Gasteiger partial charge in [0.25, 0.3) is 11.6 Å². The van der Waals surface area contributed by atoms with E-state index in [0.717, 1.165) is 4.52 Å². The molecule has 0 amide bonds. The molecule has 0 aliphatic rings. The average molecular weight is 373 g/mol. The number of rotatable bonds is 4. The normalized spacial score (nSPS) is 11.5. The number of para-hydroxylation sites is 2. The van der Waals surface area contributed by atoms with Crippen molar-refractivity contribution in [2.24, 2.45) is 0 Å². The number of benzene rings is 2. The topological polar surface area (TPSA) is 74.4 Å². The number of halogens is 3. The van der Waals surface area contributed by atoms with E-state index < -0.39 is 12.0 Å². The lowest BCUT2D eigenvalue weighted by Crippen LogP contribution is -2.08. The molecule has 0 aliphatic heterocycles. The Morgan fingerprint density at radius 2 is 1.33 bits per heavy atom. The van der Waals surface area contributed by atoms with Gasteiger partial charge in [0.05, 0.1) is 0 Å². The van der Waals surface area contributed by atoms with Crippen LogP contribution in [-0.4, -0.2) is 24.6 Å². The van der Waals surface area contributed by atoms with Gasteiger partial charge < -0.3 is 9.47 Å². The van der Waals surface area contributed by atoms with E-state index >= 15 is 0 Å². The molecule has 2 aromatic heterocycles. The molecule has 136 valence electrons. The van der Waals surface area contributed by atoms with Crippen molar-refractivity contribution in [2.75, 3.05) is 0 Å². The van der Waals surface area contributed by atoms with Crippen LogP contribution in [0.15, 0.2) is 60.7 Å². The third kappa shape index (κ3) is 3.64. The Morgan fingerprint density at radius 1 is 0.741 bits per heavy atom. The van der Waals surface area contributed by atoms with Crippen LogP contribution in [0.3, 0.4) is 0 Å². The van der Waals surface area contributed by atoms with Gasteiger partial charge in [0, 0.05) is 0 Å². The van der Waals surface area contributed by atoms with E-state index in [1.54, 1.807) is 60.7 Å². The van der Waals surface area contributed by atoms with Crippen LogP contribution >= 0.6 is 0 Å². The first-order chi connectivity index (χ1) is 13.0. The SMILES string of the molecule is FC(F)(F)c1nc2nc(Oc3ccccc3)nc(Oc3ccccc3)n2n1. The summed E-state index contributed by atoms with van der Waals surface area (Å²) in [6.07, 6.45) is -4.74. The van der Waals surface area contributed by atoms with E-state index in [4.69, 9.17) is 9.47 Å². The van der Waals surface area contributed by atoms with E-state index in [0.29, 0.717) is 11.5 Å². The zero-order valence-corrected chi connectivity index (χ0v) is 13.5. The highest BCUT2D eigenvalue weighted by atomic mass is 19.4. The van der Waals surface area contributed by atoms with Gasteiger partial charge in [-0.1, -0.05) is 36.4 Å². The van der Waals surface area contributed by atoms with Gasteiger partial charge in [-0.15, -0.1) is 14.6 Å². The Kier molecular flexibility index (Phi) is 4.07. The van der Waals surface area contributed by atoms with Crippen molar-refractivity contribution < 1.29 is 22.6 Å². The van der Waals surface area contributed by atoms with Gasteiger partial charge in [-0.25, -0.2) is 0 Å². The first-order valence-electron chi connectivity index (χ1n) is 7.67. The predicted octanol–water partition coefficient (Wildman–Crippen LogP) is 4.12. The lowest BCUT2D eigenvalue weighted by molar-refractivity contribution is -0.144. The van der Waals surface area contributed by atoms with E-state index in [1.165, 1.54) is 0 Å². The molecule has 7 nitrogen and oxygen atoms in total. The highest BCUT2D eigenvalue weighted by Gasteiger charge is 2.37. The number of aromatic nitrogens is 5. The van der Waals surface area contributed by atoms with Gasteiger partial charge in [0.15, 0.2) is 0 Å². The predicted molar refractivity (Wildman–Crippen MR) is 86.6 cm³/mol. The molecule has 2 aromatic carbocycles. The van der Waals surface area contributed by atoms with Gasteiger partial charge in [0.2, 0.25) is 0 Å². The Balaban J connectivity index is 1.80. The van der Waals surface area contributed by atoms with Crippen molar-refractivity contribution in [3.8, 4) is 23.5 Å². The summed E-state index contributed by atoms with van der Waals surface area (Å²) in [6.45, 7) is 0. The molecule has 0 spiro atoms. The minimum Gasteiger partial charge on any atom is -0.424 e. The van der Waals surface area contributed by atoms with Crippen molar-refractivity contribution in [2.45, 2.75) is 6.18 Å². The summed E-state index contributed by atoms with van der Waals surface area (Å²) in [7, 11) is 0. The maximum atomic E-state index is 13.0. The van der Waals surface area contributed by atoms with Crippen LogP contribution in [0.25, 0.3) is 5.78 Å². The molecule has 27 heavy (non-hydrogen) atoms. The van der Waals surface area contributed by atoms with Crippen molar-refractivity contribution >= 4 is 5.78 Å². The number of nitrogens with zero attached hydrogens (tertiary/aromatic N) is 5. The summed E-state index contributed by atoms with van der Waals surface area (Å²) in [5.74, 6) is -0.948. The molecule has 0 atom stereocenters. The smallest absolute Gasteiger partial charge is 0.424 e. The molecule has 0 radical (unpaired) electrons. The lowest BCUT2D eigenvalue weighted by atomic mass is 10.3. The second kappa shape index (κ2) is 6.56. The van der Waals surface area contributed by atoms with Crippen molar-refractivity contribution in [1.29, 1.82) is 0 Å². The molecule has 10 heteroatoms. The zero-order valence-electron chi connectivity index (χ0n) is 13.5. The van der Waals surface area contributed by atoms with E-state index in [1.807, 2.05) is 0 Å². The molecule has 0 bridgehead atoms. The number of hydrogen-bond acceptors (Lipinski definition) is 6. The molecule has 0 unspecified atom stereocenters. The quantitative estimate of drug-likeness (QED) is 0.536. The summed E-state index contributed by atoms with van der Waals surface area (Å²) in [5.41, 5.74) is 0. The minimum absolute atomic E-state index is 0.222. The third-order valence-corrected chi connectivity index (χ3v) is 3.32. The van der Waals surface area contributed by atoms with E-state index in [2.05, 4.69) is 20.1 Å². The Morgan fingerprint density at radius 3 is 1.93 bits per heavy atom. The Bertz CT molecular complexity index is 1070. The minimum atomic E-state index is -4.74. The van der Waals surface area contributed by atoms with Gasteiger partial charge in [0.1, 0.15) is 11.5 Å². The average Bonchev–Trinajstić information content (AvgIpc) is 3.08. The summed E-state index contributed by atoms with van der Waals surface area (Å²) in [5, 5.41) is 3.40. The van der Waals surface area contributed by atoms with Crippen LogP contribution in [0.2, 0.25) is 0 Å². The van der Waals surface area contributed by atoms with Gasteiger partial charge in [-0.3, -0.25) is 0 Å². The van der Waals surface area contributed by atoms with Crippen molar-refractivity contribution in [1.82, 2.24) is 24.6 Å². The molecule has 0 aliphatic carbocycles.